The molecule has 1 aliphatic carbocycles. The summed E-state index contributed by atoms with van der Waals surface area (Å²) >= 11 is 3.49. The fraction of sp³-hybridized carbons (Fsp3) is 0.286. The molecular formula is C21H24BrNO2. The third-order valence-electron chi connectivity index (χ3n) is 4.38. The summed E-state index contributed by atoms with van der Waals surface area (Å²) in [5, 5.41) is 9.21. The van der Waals surface area contributed by atoms with Crippen molar-refractivity contribution in [3.8, 4) is 0 Å². The molecule has 132 valence electrons. The number of nitrogens with two attached hydrogens (primary N) is 1. The standard InChI is InChI=1S/C13H13BrO2.C8H11N/c14-12-8-4-3-6-10(12)9-5-1-2-7-11(9)13(15)16;1-7(9)8-5-3-2-4-6-8/h1-4,6,8-9,11H,5,7H2,(H,15,16);2-7H,9H2,1H3/t9-,11+;7-/m00/s1. The van der Waals surface area contributed by atoms with Crippen molar-refractivity contribution in [1.29, 1.82) is 0 Å². The summed E-state index contributed by atoms with van der Waals surface area (Å²) in [6, 6.07) is 18.1. The quantitative estimate of drug-likeness (QED) is 0.686. The van der Waals surface area contributed by atoms with Crippen LogP contribution in [0.2, 0.25) is 0 Å². The second-order valence-corrected chi connectivity index (χ2v) is 7.07. The van der Waals surface area contributed by atoms with Gasteiger partial charge in [-0.1, -0.05) is 76.6 Å². The van der Waals surface area contributed by atoms with Gasteiger partial charge < -0.3 is 10.8 Å². The Hall–Kier alpha value is -1.91. The third-order valence-corrected chi connectivity index (χ3v) is 5.10. The molecule has 0 aromatic heterocycles. The molecule has 2 aromatic rings. The highest BCUT2D eigenvalue weighted by molar-refractivity contribution is 9.10. The van der Waals surface area contributed by atoms with E-state index in [4.69, 9.17) is 5.73 Å². The van der Waals surface area contributed by atoms with E-state index >= 15 is 0 Å². The molecule has 2 aromatic carbocycles. The summed E-state index contributed by atoms with van der Waals surface area (Å²) in [7, 11) is 0. The predicted octanol–water partition coefficient (Wildman–Crippen LogP) is 5.29. The molecule has 0 unspecified atom stereocenters. The first-order valence-electron chi connectivity index (χ1n) is 8.43. The normalized spacial score (nSPS) is 20.3. The zero-order chi connectivity index (χ0) is 18.2. The SMILES string of the molecule is C[C@H](N)c1ccccc1.O=C(O)[C@@H]1CC=CC[C@H]1c1ccccc1Br. The van der Waals surface area contributed by atoms with Gasteiger partial charge in [-0.05, 0) is 37.0 Å². The molecule has 0 radical (unpaired) electrons. The summed E-state index contributed by atoms with van der Waals surface area (Å²) in [6.45, 7) is 1.98. The Morgan fingerprint density at radius 2 is 1.68 bits per heavy atom. The third kappa shape index (κ3) is 5.55. The molecule has 3 N–H and O–H groups in total. The van der Waals surface area contributed by atoms with Gasteiger partial charge in [0.05, 0.1) is 5.92 Å². The van der Waals surface area contributed by atoms with Crippen molar-refractivity contribution < 1.29 is 9.90 Å². The Balaban J connectivity index is 0.000000212. The number of benzene rings is 2. The van der Waals surface area contributed by atoms with Crippen LogP contribution in [0.3, 0.4) is 0 Å². The van der Waals surface area contributed by atoms with Crippen LogP contribution in [0.5, 0.6) is 0 Å². The first-order valence-corrected chi connectivity index (χ1v) is 9.22. The van der Waals surface area contributed by atoms with Gasteiger partial charge in [0.15, 0.2) is 0 Å². The van der Waals surface area contributed by atoms with Gasteiger partial charge in [-0.2, -0.15) is 0 Å². The number of carbonyl (C=O) groups is 1. The minimum absolute atomic E-state index is 0.0816. The number of hydrogen-bond donors (Lipinski definition) is 2. The fourth-order valence-corrected chi connectivity index (χ4v) is 3.54. The summed E-state index contributed by atoms with van der Waals surface area (Å²) in [5.74, 6) is -0.924. The summed E-state index contributed by atoms with van der Waals surface area (Å²) in [5.41, 5.74) is 7.90. The van der Waals surface area contributed by atoms with E-state index in [0.29, 0.717) is 6.42 Å². The van der Waals surface area contributed by atoms with Crippen LogP contribution in [-0.2, 0) is 4.79 Å². The monoisotopic (exact) mass is 401 g/mol. The van der Waals surface area contributed by atoms with E-state index < -0.39 is 5.97 Å². The molecule has 3 nitrogen and oxygen atoms in total. The Labute approximate surface area is 157 Å². The van der Waals surface area contributed by atoms with Crippen molar-refractivity contribution in [3.63, 3.8) is 0 Å². The smallest absolute Gasteiger partial charge is 0.307 e. The fourth-order valence-electron chi connectivity index (χ4n) is 2.96. The van der Waals surface area contributed by atoms with E-state index in [0.717, 1.165) is 16.5 Å². The van der Waals surface area contributed by atoms with Gasteiger partial charge in [0.2, 0.25) is 0 Å². The topological polar surface area (TPSA) is 63.3 Å². The Morgan fingerprint density at radius 1 is 1.08 bits per heavy atom. The first kappa shape index (κ1) is 19.4. The molecular weight excluding hydrogens is 378 g/mol. The van der Waals surface area contributed by atoms with Gasteiger partial charge in [-0.15, -0.1) is 0 Å². The zero-order valence-electron chi connectivity index (χ0n) is 14.3. The molecule has 0 heterocycles. The van der Waals surface area contributed by atoms with Crippen molar-refractivity contribution in [2.45, 2.75) is 31.7 Å². The van der Waals surface area contributed by atoms with E-state index in [-0.39, 0.29) is 17.9 Å². The molecule has 0 aliphatic heterocycles. The maximum absolute atomic E-state index is 11.2. The lowest BCUT2D eigenvalue weighted by molar-refractivity contribution is -0.142. The molecule has 0 bridgehead atoms. The number of carboxylic acid groups (broad SMARTS) is 1. The number of allylic oxidation sites excluding steroid dienone is 2. The van der Waals surface area contributed by atoms with Crippen molar-refractivity contribution >= 4 is 21.9 Å². The predicted molar refractivity (Wildman–Crippen MR) is 105 cm³/mol. The number of aliphatic carboxylic acids is 1. The Kier molecular flexibility index (Phi) is 7.41. The minimum Gasteiger partial charge on any atom is -0.481 e. The van der Waals surface area contributed by atoms with Crippen LogP contribution >= 0.6 is 15.9 Å². The number of carboxylic acids is 1. The molecule has 0 spiro atoms. The second kappa shape index (κ2) is 9.54. The van der Waals surface area contributed by atoms with Crippen molar-refractivity contribution in [3.05, 3.63) is 82.3 Å². The highest BCUT2D eigenvalue weighted by Gasteiger charge is 2.30. The molecule has 3 rings (SSSR count). The van der Waals surface area contributed by atoms with Crippen molar-refractivity contribution in [1.82, 2.24) is 0 Å². The first-order chi connectivity index (χ1) is 12.0. The van der Waals surface area contributed by atoms with Crippen LogP contribution < -0.4 is 5.73 Å². The van der Waals surface area contributed by atoms with Gasteiger partial charge in [0.1, 0.15) is 0 Å². The maximum atomic E-state index is 11.2. The van der Waals surface area contributed by atoms with Gasteiger partial charge in [0.25, 0.3) is 0 Å². The summed E-state index contributed by atoms with van der Waals surface area (Å²) < 4.78 is 1.00. The van der Waals surface area contributed by atoms with E-state index in [1.807, 2.05) is 67.6 Å². The van der Waals surface area contributed by atoms with Crippen LogP contribution in [0.25, 0.3) is 0 Å². The molecule has 3 atom stereocenters. The van der Waals surface area contributed by atoms with Crippen LogP contribution in [-0.4, -0.2) is 11.1 Å². The maximum Gasteiger partial charge on any atom is 0.307 e. The van der Waals surface area contributed by atoms with Crippen molar-refractivity contribution in [2.24, 2.45) is 11.7 Å². The highest BCUT2D eigenvalue weighted by atomic mass is 79.9. The summed E-state index contributed by atoms with van der Waals surface area (Å²) in [4.78, 5) is 11.2. The molecule has 0 amide bonds. The highest BCUT2D eigenvalue weighted by Crippen LogP contribution is 2.37. The lowest BCUT2D eigenvalue weighted by Gasteiger charge is -2.26. The van der Waals surface area contributed by atoms with Gasteiger partial charge >= 0.3 is 5.97 Å². The molecule has 0 saturated carbocycles. The van der Waals surface area contributed by atoms with Crippen LogP contribution in [0.1, 0.15) is 42.9 Å². The van der Waals surface area contributed by atoms with Crippen LogP contribution in [0.15, 0.2) is 71.2 Å². The Bertz CT molecular complexity index is 713. The van der Waals surface area contributed by atoms with E-state index in [1.165, 1.54) is 5.56 Å². The van der Waals surface area contributed by atoms with Crippen molar-refractivity contribution in [2.75, 3.05) is 0 Å². The van der Waals surface area contributed by atoms with Gasteiger partial charge in [-0.3, -0.25) is 4.79 Å². The largest absolute Gasteiger partial charge is 0.481 e. The number of rotatable bonds is 3. The van der Waals surface area contributed by atoms with Crippen LogP contribution in [0, 0.1) is 5.92 Å². The Morgan fingerprint density at radius 3 is 2.24 bits per heavy atom. The van der Waals surface area contributed by atoms with Gasteiger partial charge in [0, 0.05) is 16.4 Å². The average molecular weight is 402 g/mol. The number of hydrogen-bond acceptors (Lipinski definition) is 2. The molecule has 0 fully saturated rings. The average Bonchev–Trinajstić information content (AvgIpc) is 2.63. The van der Waals surface area contributed by atoms with E-state index in [2.05, 4.69) is 22.0 Å². The minimum atomic E-state index is -0.704. The lowest BCUT2D eigenvalue weighted by atomic mass is 9.78. The zero-order valence-corrected chi connectivity index (χ0v) is 15.9. The summed E-state index contributed by atoms with van der Waals surface area (Å²) in [6.07, 6.45) is 5.47. The van der Waals surface area contributed by atoms with Gasteiger partial charge in [-0.25, -0.2) is 0 Å². The molecule has 1 aliphatic rings. The molecule has 4 heteroatoms. The van der Waals surface area contributed by atoms with E-state index in [1.54, 1.807) is 0 Å². The van der Waals surface area contributed by atoms with Crippen LogP contribution in [0.4, 0.5) is 0 Å². The molecule has 25 heavy (non-hydrogen) atoms. The molecule has 0 saturated heterocycles. The second-order valence-electron chi connectivity index (χ2n) is 6.21. The lowest BCUT2D eigenvalue weighted by Crippen LogP contribution is -2.23. The number of halogens is 1. The van der Waals surface area contributed by atoms with E-state index in [9.17, 15) is 9.90 Å².